The first-order valence-corrected chi connectivity index (χ1v) is 7.61. The van der Waals surface area contributed by atoms with Crippen molar-refractivity contribution in [2.75, 3.05) is 24.5 Å². The van der Waals surface area contributed by atoms with Crippen molar-refractivity contribution < 1.29 is 0 Å². The number of nitrogens with one attached hydrogen (secondary N) is 2. The lowest BCUT2D eigenvalue weighted by atomic mass is 10.1. The van der Waals surface area contributed by atoms with Gasteiger partial charge in [-0.1, -0.05) is 0 Å². The maximum Gasteiger partial charge on any atom is 0.270 e. The van der Waals surface area contributed by atoms with Crippen LogP contribution < -0.4 is 16.0 Å². The summed E-state index contributed by atoms with van der Waals surface area (Å²) in [6.07, 6.45) is 1.91. The lowest BCUT2D eigenvalue weighted by Gasteiger charge is -2.23. The van der Waals surface area contributed by atoms with Crippen molar-refractivity contribution in [2.45, 2.75) is 19.8 Å². The average Bonchev–Trinajstić information content (AvgIpc) is 2.54. The van der Waals surface area contributed by atoms with Crippen molar-refractivity contribution in [1.82, 2.24) is 10.2 Å². The number of unbranched alkanes of at least 4 members (excludes halogenated alkanes) is 1. The molecule has 0 aliphatic heterocycles. The van der Waals surface area contributed by atoms with Gasteiger partial charge in [-0.05, 0) is 50.2 Å². The van der Waals surface area contributed by atoms with E-state index in [1.54, 1.807) is 12.1 Å². The molecule has 1 aromatic heterocycles. The Morgan fingerprint density at radius 1 is 1.18 bits per heavy atom. The third kappa shape index (κ3) is 3.69. The molecular formula is C15H18N4O2S. The topological polar surface area (TPSA) is 81.3 Å². The van der Waals surface area contributed by atoms with Gasteiger partial charge in [0.15, 0.2) is 0 Å². The molecule has 0 bridgehead atoms. The molecule has 0 amide bonds. The first-order chi connectivity index (χ1) is 10.7. The number of rotatable bonds is 7. The summed E-state index contributed by atoms with van der Waals surface area (Å²) in [5.41, 5.74) is 0.356. The van der Waals surface area contributed by atoms with E-state index in [0.717, 1.165) is 31.6 Å². The summed E-state index contributed by atoms with van der Waals surface area (Å²) in [6.45, 7) is 4.42. The Morgan fingerprint density at radius 2 is 1.91 bits per heavy atom. The van der Waals surface area contributed by atoms with E-state index in [-0.39, 0.29) is 11.1 Å². The van der Waals surface area contributed by atoms with Gasteiger partial charge in [-0.3, -0.25) is 19.8 Å². The van der Waals surface area contributed by atoms with Gasteiger partial charge in [0, 0.05) is 25.3 Å². The molecule has 2 aromatic rings. The normalized spacial score (nSPS) is 10.4. The minimum Gasteiger partial charge on any atom is -0.372 e. The van der Waals surface area contributed by atoms with E-state index in [4.69, 9.17) is 0 Å². The summed E-state index contributed by atoms with van der Waals surface area (Å²) in [5, 5.41) is 7.85. The number of isothiocyanates is 1. The van der Waals surface area contributed by atoms with Crippen LogP contribution in [-0.4, -0.2) is 35.0 Å². The number of aliphatic imine (C=N–C) groups is 1. The monoisotopic (exact) mass is 318 g/mol. The summed E-state index contributed by atoms with van der Waals surface area (Å²) < 4.78 is 0. The van der Waals surface area contributed by atoms with Gasteiger partial charge in [-0.15, -0.1) is 0 Å². The lowest BCUT2D eigenvalue weighted by Crippen LogP contribution is -2.25. The van der Waals surface area contributed by atoms with E-state index in [2.05, 4.69) is 44.4 Å². The molecule has 0 radical (unpaired) electrons. The smallest absolute Gasteiger partial charge is 0.270 e. The molecule has 0 aliphatic carbocycles. The number of hydrogen-bond acceptors (Lipinski definition) is 5. The highest BCUT2D eigenvalue weighted by Gasteiger charge is 2.08. The molecule has 2 rings (SSSR count). The van der Waals surface area contributed by atoms with E-state index < -0.39 is 0 Å². The molecule has 1 heterocycles. The Balaban J connectivity index is 2.21. The zero-order chi connectivity index (χ0) is 15.9. The first kappa shape index (κ1) is 16.1. The third-order valence-electron chi connectivity index (χ3n) is 3.54. The van der Waals surface area contributed by atoms with E-state index in [1.165, 1.54) is 0 Å². The number of hydrogen-bond donors (Lipinski definition) is 2. The Morgan fingerprint density at radius 3 is 2.59 bits per heavy atom. The van der Waals surface area contributed by atoms with Crippen LogP contribution in [0.2, 0.25) is 0 Å². The average molecular weight is 318 g/mol. The lowest BCUT2D eigenvalue weighted by molar-refractivity contribution is 0.706. The predicted molar refractivity (Wildman–Crippen MR) is 92.2 cm³/mol. The Bertz CT molecular complexity index is 805. The van der Waals surface area contributed by atoms with E-state index in [1.807, 2.05) is 6.07 Å². The molecule has 0 aliphatic rings. The molecule has 0 saturated heterocycles. The number of benzene rings is 1. The first-order valence-electron chi connectivity index (χ1n) is 7.20. The molecule has 7 heteroatoms. The van der Waals surface area contributed by atoms with Crippen LogP contribution >= 0.6 is 12.2 Å². The summed E-state index contributed by atoms with van der Waals surface area (Å²) in [7, 11) is 0. The molecule has 116 valence electrons. The standard InChI is InChI=1S/C15H18N4O2S/c1-2-19(8-4-3-7-16-10-22)11-5-6-12-13(9-11)15(21)18-17-14(12)20/h5-6,9H,2-4,7-8H2,1H3,(H,17,20)(H,18,21). The molecule has 0 spiro atoms. The number of nitrogens with zero attached hydrogens (tertiary/aromatic N) is 2. The number of fused-ring (bicyclic) bond motifs is 1. The minimum absolute atomic E-state index is 0.289. The van der Waals surface area contributed by atoms with E-state index in [0.29, 0.717) is 17.3 Å². The molecule has 0 atom stereocenters. The van der Waals surface area contributed by atoms with Crippen LogP contribution in [0.15, 0.2) is 32.8 Å². The van der Waals surface area contributed by atoms with Gasteiger partial charge < -0.3 is 4.90 Å². The van der Waals surface area contributed by atoms with Gasteiger partial charge in [0.25, 0.3) is 11.1 Å². The number of H-pyrrole nitrogens is 2. The van der Waals surface area contributed by atoms with Crippen LogP contribution in [0.4, 0.5) is 5.69 Å². The zero-order valence-electron chi connectivity index (χ0n) is 12.4. The molecule has 0 saturated carbocycles. The molecule has 1 aromatic carbocycles. The van der Waals surface area contributed by atoms with Gasteiger partial charge in [0.2, 0.25) is 0 Å². The summed E-state index contributed by atoms with van der Waals surface area (Å²) >= 11 is 4.53. The second kappa shape index (κ2) is 7.68. The van der Waals surface area contributed by atoms with Crippen molar-refractivity contribution in [3.05, 3.63) is 38.9 Å². The van der Waals surface area contributed by atoms with E-state index in [9.17, 15) is 9.59 Å². The Labute approximate surface area is 132 Å². The molecule has 2 N–H and O–H groups in total. The van der Waals surface area contributed by atoms with Crippen molar-refractivity contribution in [1.29, 1.82) is 0 Å². The quantitative estimate of drug-likeness (QED) is 0.464. The summed E-state index contributed by atoms with van der Waals surface area (Å²) in [6, 6.07) is 5.33. The maximum absolute atomic E-state index is 11.9. The van der Waals surface area contributed by atoms with Crippen LogP contribution in [0, 0.1) is 0 Å². The third-order valence-corrected chi connectivity index (χ3v) is 3.67. The highest BCUT2D eigenvalue weighted by Crippen LogP contribution is 2.18. The Kier molecular flexibility index (Phi) is 5.63. The fourth-order valence-electron chi connectivity index (χ4n) is 2.37. The van der Waals surface area contributed by atoms with Gasteiger partial charge >= 0.3 is 0 Å². The number of aromatic nitrogens is 2. The van der Waals surface area contributed by atoms with Crippen LogP contribution in [-0.2, 0) is 0 Å². The molecule has 0 fully saturated rings. The molecule has 0 unspecified atom stereocenters. The fraction of sp³-hybridized carbons (Fsp3) is 0.400. The minimum atomic E-state index is -0.290. The van der Waals surface area contributed by atoms with Gasteiger partial charge in [-0.2, -0.15) is 0 Å². The van der Waals surface area contributed by atoms with E-state index >= 15 is 0 Å². The zero-order valence-corrected chi connectivity index (χ0v) is 13.2. The van der Waals surface area contributed by atoms with Gasteiger partial charge in [-0.25, -0.2) is 4.99 Å². The predicted octanol–water partition coefficient (Wildman–Crippen LogP) is 1.93. The van der Waals surface area contributed by atoms with Crippen LogP contribution in [0.3, 0.4) is 0 Å². The van der Waals surface area contributed by atoms with Crippen molar-refractivity contribution in [2.24, 2.45) is 4.99 Å². The van der Waals surface area contributed by atoms with Gasteiger partial charge in [0.05, 0.1) is 15.9 Å². The largest absolute Gasteiger partial charge is 0.372 e. The van der Waals surface area contributed by atoms with Crippen molar-refractivity contribution in [3.63, 3.8) is 0 Å². The summed E-state index contributed by atoms with van der Waals surface area (Å²) in [5.74, 6) is 0. The van der Waals surface area contributed by atoms with Crippen LogP contribution in [0.1, 0.15) is 19.8 Å². The SMILES string of the molecule is CCN(CCCCN=C=S)c1ccc2c(=O)[nH][nH]c(=O)c2c1. The van der Waals surface area contributed by atoms with Crippen molar-refractivity contribution >= 4 is 33.8 Å². The molecule has 22 heavy (non-hydrogen) atoms. The summed E-state index contributed by atoms with van der Waals surface area (Å²) in [4.78, 5) is 29.6. The van der Waals surface area contributed by atoms with Crippen LogP contribution in [0.5, 0.6) is 0 Å². The van der Waals surface area contributed by atoms with Gasteiger partial charge in [0.1, 0.15) is 0 Å². The highest BCUT2D eigenvalue weighted by atomic mass is 32.1. The number of thiocarbonyl (C=S) groups is 1. The fourth-order valence-corrected chi connectivity index (χ4v) is 2.46. The van der Waals surface area contributed by atoms with Crippen LogP contribution in [0.25, 0.3) is 10.8 Å². The second-order valence-corrected chi connectivity index (χ2v) is 5.08. The second-order valence-electron chi connectivity index (χ2n) is 4.90. The molecular weight excluding hydrogens is 300 g/mol. The van der Waals surface area contributed by atoms with Crippen molar-refractivity contribution in [3.8, 4) is 0 Å². The highest BCUT2D eigenvalue weighted by molar-refractivity contribution is 7.78. The number of aromatic amines is 2. The Hall–Kier alpha value is -2.24. The maximum atomic E-state index is 11.9. The number of anilines is 1. The molecule has 6 nitrogen and oxygen atoms in total.